The summed E-state index contributed by atoms with van der Waals surface area (Å²) in [6.07, 6.45) is 1.02. The number of nitrogens with one attached hydrogen (secondary N) is 1. The van der Waals surface area contributed by atoms with E-state index in [2.05, 4.69) is 70.9 Å². The Kier molecular flexibility index (Phi) is 6.17. The minimum Gasteiger partial charge on any atom is -0.379 e. The number of aromatic nitrogens is 2. The third kappa shape index (κ3) is 4.40. The van der Waals surface area contributed by atoms with Crippen molar-refractivity contribution in [3.63, 3.8) is 0 Å². The van der Waals surface area contributed by atoms with Crippen LogP contribution < -0.4 is 4.90 Å². The number of anilines is 1. The largest absolute Gasteiger partial charge is 0.379 e. The van der Waals surface area contributed by atoms with Gasteiger partial charge in [0.25, 0.3) is 0 Å². The van der Waals surface area contributed by atoms with Gasteiger partial charge in [0.2, 0.25) is 0 Å². The molecule has 5 rings (SSSR count). The van der Waals surface area contributed by atoms with E-state index in [9.17, 15) is 0 Å². The van der Waals surface area contributed by atoms with Crippen molar-refractivity contribution in [2.45, 2.75) is 20.3 Å². The van der Waals surface area contributed by atoms with Crippen LogP contribution in [-0.4, -0.2) is 85.8 Å². The number of aromatic amines is 1. The highest BCUT2D eigenvalue weighted by Gasteiger charge is 2.17. The Hall–Kier alpha value is -2.41. The molecule has 0 spiro atoms. The number of ether oxygens (including phenoxy) is 1. The number of morpholine rings is 1. The molecule has 0 atom stereocenters. The fourth-order valence-corrected chi connectivity index (χ4v) is 4.84. The monoisotopic (exact) mass is 433 g/mol. The Labute approximate surface area is 191 Å². The predicted octanol–water partition coefficient (Wildman–Crippen LogP) is 3.47. The van der Waals surface area contributed by atoms with Crippen molar-refractivity contribution < 1.29 is 4.74 Å². The molecule has 0 amide bonds. The lowest BCUT2D eigenvalue weighted by Gasteiger charge is -2.34. The summed E-state index contributed by atoms with van der Waals surface area (Å²) in [4.78, 5) is 16.1. The van der Waals surface area contributed by atoms with Crippen LogP contribution in [0.5, 0.6) is 0 Å². The molecule has 2 aliphatic heterocycles. The summed E-state index contributed by atoms with van der Waals surface area (Å²) in [5.41, 5.74) is 8.44. The molecule has 0 radical (unpaired) electrons. The Morgan fingerprint density at radius 2 is 1.69 bits per heavy atom. The summed E-state index contributed by atoms with van der Waals surface area (Å²) in [5.74, 6) is 0. The summed E-state index contributed by atoms with van der Waals surface area (Å²) < 4.78 is 5.48. The fourth-order valence-electron chi connectivity index (χ4n) is 4.84. The molecular weight excluding hydrogens is 398 g/mol. The first-order valence-corrected chi connectivity index (χ1v) is 11.9. The number of aryl methyl sites for hydroxylation is 2. The number of fused-ring (bicyclic) bond motifs is 1. The van der Waals surface area contributed by atoms with Crippen LogP contribution in [0.15, 0.2) is 30.3 Å². The van der Waals surface area contributed by atoms with Crippen LogP contribution in [0, 0.1) is 13.8 Å². The standard InChI is InChI=1S/C26H35N5O/c1-19-20(2)27-26(21-4-6-23(7-5-21)31-12-10-29(3)11-13-31)24-18-22(28-25(19)24)8-9-30-14-16-32-17-15-30/h4-7,18,28H,8-17H2,1-3H3. The molecule has 0 unspecified atom stereocenters. The van der Waals surface area contributed by atoms with E-state index in [4.69, 9.17) is 9.72 Å². The highest BCUT2D eigenvalue weighted by atomic mass is 16.5. The van der Waals surface area contributed by atoms with Crippen LogP contribution in [0.25, 0.3) is 22.2 Å². The van der Waals surface area contributed by atoms with Crippen molar-refractivity contribution in [1.82, 2.24) is 19.8 Å². The van der Waals surface area contributed by atoms with Gasteiger partial charge in [-0.1, -0.05) is 12.1 Å². The van der Waals surface area contributed by atoms with E-state index in [1.54, 1.807) is 0 Å². The number of nitrogens with zero attached hydrogens (tertiary/aromatic N) is 4. The van der Waals surface area contributed by atoms with Crippen molar-refractivity contribution >= 4 is 16.6 Å². The minimum atomic E-state index is 0.850. The van der Waals surface area contributed by atoms with Gasteiger partial charge in [-0.3, -0.25) is 9.88 Å². The lowest BCUT2D eigenvalue weighted by molar-refractivity contribution is 0.0383. The highest BCUT2D eigenvalue weighted by Crippen LogP contribution is 2.32. The average molecular weight is 434 g/mol. The van der Waals surface area contributed by atoms with E-state index < -0.39 is 0 Å². The summed E-state index contributed by atoms with van der Waals surface area (Å²) in [6.45, 7) is 13.5. The van der Waals surface area contributed by atoms with Gasteiger partial charge in [-0.2, -0.15) is 0 Å². The second-order valence-electron chi connectivity index (χ2n) is 9.30. The maximum atomic E-state index is 5.48. The normalized spacial score (nSPS) is 18.5. The van der Waals surface area contributed by atoms with Gasteiger partial charge in [0.1, 0.15) is 0 Å². The zero-order chi connectivity index (χ0) is 22.1. The number of piperazine rings is 1. The number of pyridine rings is 1. The Bertz CT molecular complexity index is 1060. The van der Waals surface area contributed by atoms with Gasteiger partial charge in [0.15, 0.2) is 0 Å². The fraction of sp³-hybridized carbons (Fsp3) is 0.500. The van der Waals surface area contributed by atoms with Crippen molar-refractivity contribution in [3.05, 3.63) is 47.3 Å². The van der Waals surface area contributed by atoms with Crippen molar-refractivity contribution in [1.29, 1.82) is 0 Å². The third-order valence-electron chi connectivity index (χ3n) is 7.14. The molecule has 6 heteroatoms. The van der Waals surface area contributed by atoms with Gasteiger partial charge < -0.3 is 19.5 Å². The number of H-pyrrole nitrogens is 1. The first-order valence-electron chi connectivity index (χ1n) is 11.9. The third-order valence-corrected chi connectivity index (χ3v) is 7.14. The zero-order valence-corrected chi connectivity index (χ0v) is 19.7. The molecule has 2 fully saturated rings. The summed E-state index contributed by atoms with van der Waals surface area (Å²) in [7, 11) is 2.20. The van der Waals surface area contributed by atoms with Gasteiger partial charge in [0, 0.05) is 80.3 Å². The van der Waals surface area contributed by atoms with Crippen LogP contribution in [0.2, 0.25) is 0 Å². The van der Waals surface area contributed by atoms with E-state index in [0.29, 0.717) is 0 Å². The van der Waals surface area contributed by atoms with Crippen LogP contribution >= 0.6 is 0 Å². The molecular formula is C26H35N5O. The summed E-state index contributed by atoms with van der Waals surface area (Å²) in [5, 5.41) is 1.23. The summed E-state index contributed by atoms with van der Waals surface area (Å²) >= 11 is 0. The molecule has 0 bridgehead atoms. The molecule has 1 N–H and O–H groups in total. The molecule has 1 aromatic carbocycles. The van der Waals surface area contributed by atoms with Crippen LogP contribution in [0.1, 0.15) is 17.0 Å². The van der Waals surface area contributed by atoms with Gasteiger partial charge >= 0.3 is 0 Å². The van der Waals surface area contributed by atoms with Crippen molar-refractivity contribution in [3.8, 4) is 11.3 Å². The van der Waals surface area contributed by atoms with Gasteiger partial charge in [-0.05, 0) is 44.7 Å². The van der Waals surface area contributed by atoms with Crippen LogP contribution in [0.3, 0.4) is 0 Å². The van der Waals surface area contributed by atoms with Crippen LogP contribution in [0.4, 0.5) is 5.69 Å². The molecule has 3 aromatic rings. The molecule has 4 heterocycles. The minimum absolute atomic E-state index is 0.850. The maximum Gasteiger partial charge on any atom is 0.0799 e. The van der Waals surface area contributed by atoms with Crippen molar-refractivity contribution in [2.75, 3.05) is 71.0 Å². The Morgan fingerprint density at radius 1 is 0.969 bits per heavy atom. The number of hydrogen-bond donors (Lipinski definition) is 1. The lowest BCUT2D eigenvalue weighted by atomic mass is 10.0. The highest BCUT2D eigenvalue weighted by molar-refractivity contribution is 5.96. The van der Waals surface area contributed by atoms with E-state index in [1.165, 1.54) is 33.4 Å². The van der Waals surface area contributed by atoms with E-state index in [0.717, 1.165) is 76.8 Å². The second-order valence-corrected chi connectivity index (χ2v) is 9.30. The van der Waals surface area contributed by atoms with Crippen molar-refractivity contribution in [2.24, 2.45) is 0 Å². The topological polar surface area (TPSA) is 47.6 Å². The van der Waals surface area contributed by atoms with E-state index >= 15 is 0 Å². The smallest absolute Gasteiger partial charge is 0.0799 e. The quantitative estimate of drug-likeness (QED) is 0.668. The molecule has 0 saturated carbocycles. The SMILES string of the molecule is Cc1nc(-c2ccc(N3CCN(C)CC3)cc2)c2cc(CCN3CCOCC3)[nH]c2c1C. The molecule has 2 aliphatic rings. The van der Waals surface area contributed by atoms with E-state index in [1.807, 2.05) is 0 Å². The zero-order valence-electron chi connectivity index (χ0n) is 19.7. The average Bonchev–Trinajstić information content (AvgIpc) is 3.26. The molecule has 6 nitrogen and oxygen atoms in total. The van der Waals surface area contributed by atoms with Gasteiger partial charge in [-0.25, -0.2) is 0 Å². The van der Waals surface area contributed by atoms with Crippen LogP contribution in [-0.2, 0) is 11.2 Å². The number of rotatable bonds is 5. The maximum absolute atomic E-state index is 5.48. The summed E-state index contributed by atoms with van der Waals surface area (Å²) in [6, 6.07) is 11.3. The molecule has 2 saturated heterocycles. The van der Waals surface area contributed by atoms with E-state index in [-0.39, 0.29) is 0 Å². The molecule has 170 valence electrons. The number of likely N-dealkylation sites (N-methyl/N-ethyl adjacent to an activating group) is 1. The first-order chi connectivity index (χ1) is 15.6. The van der Waals surface area contributed by atoms with Gasteiger partial charge in [0.05, 0.1) is 24.4 Å². The lowest BCUT2D eigenvalue weighted by Crippen LogP contribution is -2.44. The first kappa shape index (κ1) is 21.4. The molecule has 0 aliphatic carbocycles. The molecule has 2 aromatic heterocycles. The Balaban J connectivity index is 1.40. The number of hydrogen-bond acceptors (Lipinski definition) is 5. The molecule has 32 heavy (non-hydrogen) atoms. The second kappa shape index (κ2) is 9.22. The Morgan fingerprint density at radius 3 is 2.41 bits per heavy atom. The van der Waals surface area contributed by atoms with Gasteiger partial charge in [-0.15, -0.1) is 0 Å². The number of benzene rings is 1. The predicted molar refractivity (Wildman–Crippen MR) is 132 cm³/mol.